The van der Waals surface area contributed by atoms with Crippen LogP contribution < -0.4 is 5.32 Å². The molecule has 0 saturated heterocycles. The summed E-state index contributed by atoms with van der Waals surface area (Å²) in [5.41, 5.74) is 3.44. The second kappa shape index (κ2) is 10.8. The molecule has 0 spiro atoms. The number of nitrogens with one attached hydrogen (secondary N) is 1. The highest BCUT2D eigenvalue weighted by atomic mass is 32.2. The number of aryl methyl sites for hydroxylation is 1. The fraction of sp³-hybridized carbons (Fsp3) is 0.348. The van der Waals surface area contributed by atoms with Gasteiger partial charge in [-0.3, -0.25) is 9.36 Å². The summed E-state index contributed by atoms with van der Waals surface area (Å²) < 4.78 is 2.04. The number of rotatable bonds is 10. The molecule has 1 N–H and O–H groups in total. The van der Waals surface area contributed by atoms with E-state index in [1.807, 2.05) is 22.8 Å². The van der Waals surface area contributed by atoms with Crippen LogP contribution in [0.25, 0.3) is 5.69 Å². The molecule has 5 nitrogen and oxygen atoms in total. The summed E-state index contributed by atoms with van der Waals surface area (Å²) in [6.45, 7) is 4.58. The Bertz CT molecular complexity index is 906. The molecule has 0 aliphatic carbocycles. The van der Waals surface area contributed by atoms with E-state index < -0.39 is 0 Å². The monoisotopic (exact) mass is 408 g/mol. The Labute approximate surface area is 176 Å². The molecular formula is C23H28N4OS. The number of hydrogen-bond acceptors (Lipinski definition) is 4. The second-order valence-electron chi connectivity index (χ2n) is 7.08. The number of nitrogens with zero attached hydrogens (tertiary/aromatic N) is 3. The predicted octanol–water partition coefficient (Wildman–Crippen LogP) is 5.06. The van der Waals surface area contributed by atoms with Crippen LogP contribution in [0.1, 0.15) is 49.6 Å². The average molecular weight is 409 g/mol. The molecule has 2 aromatic carbocycles. The summed E-state index contributed by atoms with van der Waals surface area (Å²) in [7, 11) is 0. The van der Waals surface area contributed by atoms with Crippen LogP contribution in [0.5, 0.6) is 0 Å². The van der Waals surface area contributed by atoms with Crippen molar-refractivity contribution in [3.63, 3.8) is 0 Å². The third-order valence-corrected chi connectivity index (χ3v) is 5.65. The molecule has 0 aliphatic rings. The van der Waals surface area contributed by atoms with Crippen LogP contribution in [0, 0.1) is 6.92 Å². The SMILES string of the molecule is CCCCCC(=O)NCc1nnc(SCc2ccccc2)n1-c1ccc(C)cc1. The van der Waals surface area contributed by atoms with Gasteiger partial charge in [-0.25, -0.2) is 0 Å². The number of carbonyl (C=O) groups excluding carboxylic acids is 1. The zero-order chi connectivity index (χ0) is 20.5. The van der Waals surface area contributed by atoms with E-state index in [4.69, 9.17) is 0 Å². The fourth-order valence-electron chi connectivity index (χ4n) is 2.99. The van der Waals surface area contributed by atoms with Crippen molar-refractivity contribution in [2.24, 2.45) is 0 Å². The average Bonchev–Trinajstić information content (AvgIpc) is 3.15. The van der Waals surface area contributed by atoms with Crippen LogP contribution in [0.15, 0.2) is 59.8 Å². The van der Waals surface area contributed by atoms with Gasteiger partial charge in [0, 0.05) is 17.9 Å². The van der Waals surface area contributed by atoms with Crippen LogP contribution in [-0.4, -0.2) is 20.7 Å². The van der Waals surface area contributed by atoms with Crippen molar-refractivity contribution < 1.29 is 4.79 Å². The molecule has 0 radical (unpaired) electrons. The van der Waals surface area contributed by atoms with Crippen LogP contribution in [0.3, 0.4) is 0 Å². The van der Waals surface area contributed by atoms with E-state index in [9.17, 15) is 4.79 Å². The van der Waals surface area contributed by atoms with E-state index in [0.29, 0.717) is 13.0 Å². The van der Waals surface area contributed by atoms with Gasteiger partial charge in [-0.1, -0.05) is 79.6 Å². The van der Waals surface area contributed by atoms with Gasteiger partial charge in [-0.15, -0.1) is 10.2 Å². The lowest BCUT2D eigenvalue weighted by molar-refractivity contribution is -0.121. The molecule has 0 unspecified atom stereocenters. The Hall–Kier alpha value is -2.60. The summed E-state index contributed by atoms with van der Waals surface area (Å²) in [4.78, 5) is 12.1. The first kappa shape index (κ1) is 21.1. The predicted molar refractivity (Wildman–Crippen MR) is 118 cm³/mol. The van der Waals surface area contributed by atoms with Crippen LogP contribution in [0.4, 0.5) is 0 Å². The number of thioether (sulfide) groups is 1. The van der Waals surface area contributed by atoms with Crippen molar-refractivity contribution in [3.8, 4) is 5.69 Å². The number of unbranched alkanes of at least 4 members (excludes halogenated alkanes) is 2. The molecule has 0 bridgehead atoms. The molecule has 1 amide bonds. The quantitative estimate of drug-likeness (QED) is 0.376. The molecular weight excluding hydrogens is 380 g/mol. The van der Waals surface area contributed by atoms with Crippen molar-refractivity contribution in [1.29, 1.82) is 0 Å². The maximum Gasteiger partial charge on any atom is 0.220 e. The minimum Gasteiger partial charge on any atom is -0.349 e. The van der Waals surface area contributed by atoms with Gasteiger partial charge in [0.2, 0.25) is 5.91 Å². The van der Waals surface area contributed by atoms with Gasteiger partial charge in [-0.05, 0) is 31.0 Å². The number of benzene rings is 2. The van der Waals surface area contributed by atoms with Gasteiger partial charge < -0.3 is 5.32 Å². The zero-order valence-corrected chi connectivity index (χ0v) is 17.9. The van der Waals surface area contributed by atoms with Gasteiger partial charge in [-0.2, -0.15) is 0 Å². The number of carbonyl (C=O) groups is 1. The molecule has 1 aromatic heterocycles. The molecule has 29 heavy (non-hydrogen) atoms. The minimum atomic E-state index is 0.0652. The summed E-state index contributed by atoms with van der Waals surface area (Å²) >= 11 is 1.65. The Kier molecular flexibility index (Phi) is 7.87. The first-order chi connectivity index (χ1) is 14.2. The van der Waals surface area contributed by atoms with E-state index in [2.05, 4.69) is 65.8 Å². The largest absolute Gasteiger partial charge is 0.349 e. The number of amides is 1. The second-order valence-corrected chi connectivity index (χ2v) is 8.02. The van der Waals surface area contributed by atoms with Gasteiger partial charge in [0.25, 0.3) is 0 Å². The Morgan fingerprint density at radius 1 is 1.03 bits per heavy atom. The molecule has 152 valence electrons. The Morgan fingerprint density at radius 3 is 2.52 bits per heavy atom. The molecule has 3 aromatic rings. The molecule has 0 saturated carbocycles. The van der Waals surface area contributed by atoms with Crippen molar-refractivity contribution in [2.75, 3.05) is 0 Å². The molecule has 6 heteroatoms. The maximum atomic E-state index is 12.1. The summed E-state index contributed by atoms with van der Waals surface area (Å²) in [6, 6.07) is 18.6. The summed E-state index contributed by atoms with van der Waals surface area (Å²) in [5, 5.41) is 12.6. The Balaban J connectivity index is 1.75. The third-order valence-electron chi connectivity index (χ3n) is 4.65. The minimum absolute atomic E-state index is 0.0652. The lowest BCUT2D eigenvalue weighted by atomic mass is 10.2. The Morgan fingerprint density at radius 2 is 1.79 bits per heavy atom. The topological polar surface area (TPSA) is 59.8 Å². The summed E-state index contributed by atoms with van der Waals surface area (Å²) in [5.74, 6) is 1.62. The first-order valence-corrected chi connectivity index (χ1v) is 11.1. The molecule has 3 rings (SSSR count). The normalized spacial score (nSPS) is 10.8. The smallest absolute Gasteiger partial charge is 0.220 e. The van der Waals surface area contributed by atoms with Crippen molar-refractivity contribution >= 4 is 17.7 Å². The van der Waals surface area contributed by atoms with Crippen LogP contribution in [-0.2, 0) is 17.1 Å². The molecule has 1 heterocycles. The van der Waals surface area contributed by atoms with E-state index in [1.54, 1.807) is 11.8 Å². The lowest BCUT2D eigenvalue weighted by Gasteiger charge is -2.11. The summed E-state index contributed by atoms with van der Waals surface area (Å²) in [6.07, 6.45) is 3.66. The molecule has 0 fully saturated rings. The molecule has 0 atom stereocenters. The third kappa shape index (κ3) is 6.19. The fourth-order valence-corrected chi connectivity index (χ4v) is 3.91. The molecule has 0 aliphatic heterocycles. The lowest BCUT2D eigenvalue weighted by Crippen LogP contribution is -2.24. The van der Waals surface area contributed by atoms with Crippen LogP contribution in [0.2, 0.25) is 0 Å². The van der Waals surface area contributed by atoms with E-state index in [-0.39, 0.29) is 5.91 Å². The van der Waals surface area contributed by atoms with E-state index in [1.165, 1.54) is 11.1 Å². The van der Waals surface area contributed by atoms with E-state index >= 15 is 0 Å². The first-order valence-electron chi connectivity index (χ1n) is 10.1. The maximum absolute atomic E-state index is 12.1. The van der Waals surface area contributed by atoms with Gasteiger partial charge >= 0.3 is 0 Å². The standard InChI is InChI=1S/C23H28N4OS/c1-3-4-6-11-22(28)24-16-21-25-26-23(29-17-19-9-7-5-8-10-19)27(21)20-14-12-18(2)13-15-20/h5,7-10,12-15H,3-4,6,11,16-17H2,1-2H3,(H,24,28). The van der Waals surface area contributed by atoms with Gasteiger partial charge in [0.1, 0.15) is 0 Å². The zero-order valence-electron chi connectivity index (χ0n) is 17.1. The van der Waals surface area contributed by atoms with Gasteiger partial charge in [0.15, 0.2) is 11.0 Å². The van der Waals surface area contributed by atoms with Gasteiger partial charge in [0.05, 0.1) is 6.54 Å². The highest BCUT2D eigenvalue weighted by Crippen LogP contribution is 2.25. The number of hydrogen-bond donors (Lipinski definition) is 1. The van der Waals surface area contributed by atoms with Crippen molar-refractivity contribution in [1.82, 2.24) is 20.1 Å². The van der Waals surface area contributed by atoms with Crippen molar-refractivity contribution in [2.45, 2.75) is 57.0 Å². The highest BCUT2D eigenvalue weighted by molar-refractivity contribution is 7.98. The highest BCUT2D eigenvalue weighted by Gasteiger charge is 2.15. The number of aromatic nitrogens is 3. The van der Waals surface area contributed by atoms with Crippen LogP contribution >= 0.6 is 11.8 Å². The van der Waals surface area contributed by atoms with E-state index in [0.717, 1.165) is 41.7 Å². The van der Waals surface area contributed by atoms with Crippen molar-refractivity contribution in [3.05, 3.63) is 71.5 Å².